The maximum Gasteiger partial charge on any atom is 0.135 e. The van der Waals surface area contributed by atoms with Gasteiger partial charge in [0, 0.05) is 27.7 Å². The van der Waals surface area contributed by atoms with Gasteiger partial charge in [0.1, 0.15) is 11.2 Å². The first kappa shape index (κ1) is 35.2. The zero-order valence-corrected chi connectivity index (χ0v) is 32.9. The van der Waals surface area contributed by atoms with Gasteiger partial charge in [0.2, 0.25) is 0 Å². The summed E-state index contributed by atoms with van der Waals surface area (Å²) in [7, 11) is 0. The standard InChI is InChI=1S/C58H39NO/c1-2-15-40(16-3-1)41-29-31-43(32-30-41)49-20-6-7-21-50(49)51-22-8-9-23-52(51)53-24-10-12-27-56(53)59(46-37-38-58-55(39-46)54-25-11-13-28-57(54)60-58)45-35-33-44(34-36-45)48-26-14-18-42-17-4-5-19-47(42)48/h1-39H. The Labute approximate surface area is 349 Å². The van der Waals surface area contributed by atoms with Crippen molar-refractivity contribution in [2.75, 3.05) is 4.90 Å². The largest absolute Gasteiger partial charge is 0.456 e. The first-order chi connectivity index (χ1) is 29.8. The van der Waals surface area contributed by atoms with Crippen LogP contribution in [0.2, 0.25) is 0 Å². The minimum absolute atomic E-state index is 0.873. The predicted molar refractivity (Wildman–Crippen MR) is 253 cm³/mol. The average Bonchev–Trinajstić information content (AvgIpc) is 3.70. The lowest BCUT2D eigenvalue weighted by atomic mass is 9.88. The molecule has 0 aliphatic carbocycles. The molecule has 1 heterocycles. The first-order valence-electron chi connectivity index (χ1n) is 20.5. The van der Waals surface area contributed by atoms with Crippen LogP contribution in [0.15, 0.2) is 241 Å². The first-order valence-corrected chi connectivity index (χ1v) is 20.5. The molecule has 0 bridgehead atoms. The van der Waals surface area contributed by atoms with Crippen LogP contribution in [0.4, 0.5) is 17.1 Å². The van der Waals surface area contributed by atoms with Gasteiger partial charge in [-0.3, -0.25) is 0 Å². The van der Waals surface area contributed by atoms with Crippen LogP contribution in [0, 0.1) is 0 Å². The van der Waals surface area contributed by atoms with Gasteiger partial charge >= 0.3 is 0 Å². The number of anilines is 3. The molecule has 0 amide bonds. The zero-order chi connectivity index (χ0) is 39.8. The van der Waals surface area contributed by atoms with Crippen LogP contribution in [0.25, 0.3) is 88.3 Å². The molecule has 282 valence electrons. The van der Waals surface area contributed by atoms with Crippen molar-refractivity contribution in [1.29, 1.82) is 0 Å². The van der Waals surface area contributed by atoms with Gasteiger partial charge in [0.05, 0.1) is 5.69 Å². The SMILES string of the molecule is c1ccc(-c2ccc(-c3ccccc3-c3ccccc3-c3ccccc3N(c3ccc(-c4cccc5ccccc45)cc3)c3ccc4oc5ccccc5c4c3)cc2)cc1. The van der Waals surface area contributed by atoms with Gasteiger partial charge in [-0.25, -0.2) is 0 Å². The van der Waals surface area contributed by atoms with Gasteiger partial charge in [-0.1, -0.05) is 194 Å². The smallest absolute Gasteiger partial charge is 0.135 e. The second-order valence-corrected chi connectivity index (χ2v) is 15.2. The highest BCUT2D eigenvalue weighted by molar-refractivity contribution is 6.07. The van der Waals surface area contributed by atoms with Crippen LogP contribution >= 0.6 is 0 Å². The van der Waals surface area contributed by atoms with E-state index in [1.807, 2.05) is 12.1 Å². The molecule has 0 N–H and O–H groups in total. The molecule has 0 radical (unpaired) electrons. The molecule has 11 rings (SSSR count). The van der Waals surface area contributed by atoms with Crippen molar-refractivity contribution in [3.8, 4) is 55.6 Å². The molecule has 0 unspecified atom stereocenters. The Bertz CT molecular complexity index is 3300. The highest BCUT2D eigenvalue weighted by Crippen LogP contribution is 2.46. The van der Waals surface area contributed by atoms with Gasteiger partial charge in [-0.15, -0.1) is 0 Å². The van der Waals surface area contributed by atoms with E-state index in [1.54, 1.807) is 0 Å². The number of rotatable bonds is 8. The normalized spacial score (nSPS) is 11.3. The molecule has 0 aliphatic rings. The van der Waals surface area contributed by atoms with Crippen molar-refractivity contribution in [3.63, 3.8) is 0 Å². The van der Waals surface area contributed by atoms with Crippen LogP contribution < -0.4 is 4.90 Å². The molecule has 2 nitrogen and oxygen atoms in total. The molecular weight excluding hydrogens is 727 g/mol. The van der Waals surface area contributed by atoms with Gasteiger partial charge in [-0.2, -0.15) is 0 Å². The Kier molecular flexibility index (Phi) is 8.87. The molecule has 0 aliphatic heterocycles. The number of nitrogens with zero attached hydrogens (tertiary/aromatic N) is 1. The highest BCUT2D eigenvalue weighted by atomic mass is 16.3. The van der Waals surface area contributed by atoms with E-state index in [9.17, 15) is 0 Å². The minimum atomic E-state index is 0.873. The molecule has 2 heteroatoms. The van der Waals surface area contributed by atoms with E-state index in [2.05, 4.69) is 229 Å². The van der Waals surface area contributed by atoms with Crippen molar-refractivity contribution in [1.82, 2.24) is 0 Å². The number of benzene rings is 10. The summed E-state index contributed by atoms with van der Waals surface area (Å²) < 4.78 is 6.31. The van der Waals surface area contributed by atoms with E-state index < -0.39 is 0 Å². The van der Waals surface area contributed by atoms with Gasteiger partial charge < -0.3 is 9.32 Å². The van der Waals surface area contributed by atoms with E-state index >= 15 is 0 Å². The fourth-order valence-corrected chi connectivity index (χ4v) is 8.84. The molecule has 10 aromatic carbocycles. The Morgan fingerprint density at radius 3 is 1.53 bits per heavy atom. The third-order valence-corrected chi connectivity index (χ3v) is 11.7. The maximum absolute atomic E-state index is 6.31. The van der Waals surface area contributed by atoms with E-state index in [1.165, 1.54) is 55.3 Å². The van der Waals surface area contributed by atoms with Crippen LogP contribution in [-0.4, -0.2) is 0 Å². The number of furan rings is 1. The summed E-state index contributed by atoms with van der Waals surface area (Å²) in [5.41, 5.74) is 16.8. The van der Waals surface area contributed by atoms with E-state index in [4.69, 9.17) is 4.42 Å². The summed E-state index contributed by atoms with van der Waals surface area (Å²) in [6.45, 7) is 0. The van der Waals surface area contributed by atoms with Crippen molar-refractivity contribution < 1.29 is 4.42 Å². The third kappa shape index (κ3) is 6.32. The summed E-state index contributed by atoms with van der Waals surface area (Å²) in [5.74, 6) is 0. The number of hydrogen-bond acceptors (Lipinski definition) is 2. The fourth-order valence-electron chi connectivity index (χ4n) is 8.84. The molecule has 0 fully saturated rings. The van der Waals surface area contributed by atoms with Crippen LogP contribution in [0.1, 0.15) is 0 Å². The Morgan fingerprint density at radius 1 is 0.267 bits per heavy atom. The van der Waals surface area contributed by atoms with Gasteiger partial charge in [0.25, 0.3) is 0 Å². The summed E-state index contributed by atoms with van der Waals surface area (Å²) >= 11 is 0. The molecule has 0 spiro atoms. The molecule has 11 aromatic rings. The summed E-state index contributed by atoms with van der Waals surface area (Å²) in [5, 5.41) is 4.68. The molecule has 60 heavy (non-hydrogen) atoms. The third-order valence-electron chi connectivity index (χ3n) is 11.7. The van der Waals surface area contributed by atoms with Crippen LogP contribution in [0.5, 0.6) is 0 Å². The molecule has 0 saturated carbocycles. The van der Waals surface area contributed by atoms with Crippen molar-refractivity contribution in [3.05, 3.63) is 237 Å². The van der Waals surface area contributed by atoms with Crippen molar-refractivity contribution >= 4 is 49.8 Å². The highest BCUT2D eigenvalue weighted by Gasteiger charge is 2.21. The summed E-state index contributed by atoms with van der Waals surface area (Å²) in [4.78, 5) is 2.40. The van der Waals surface area contributed by atoms with E-state index in [0.717, 1.165) is 50.1 Å². The lowest BCUT2D eigenvalue weighted by molar-refractivity contribution is 0.669. The number of hydrogen-bond donors (Lipinski definition) is 0. The van der Waals surface area contributed by atoms with E-state index in [0.29, 0.717) is 0 Å². The Morgan fingerprint density at radius 2 is 0.750 bits per heavy atom. The lowest BCUT2D eigenvalue weighted by Crippen LogP contribution is -2.11. The van der Waals surface area contributed by atoms with Crippen molar-refractivity contribution in [2.24, 2.45) is 0 Å². The number of fused-ring (bicyclic) bond motifs is 4. The maximum atomic E-state index is 6.31. The topological polar surface area (TPSA) is 16.4 Å². The van der Waals surface area contributed by atoms with Gasteiger partial charge in [0.15, 0.2) is 0 Å². The molecule has 1 aromatic heterocycles. The van der Waals surface area contributed by atoms with Crippen LogP contribution in [-0.2, 0) is 0 Å². The molecular formula is C58H39NO. The molecule has 0 saturated heterocycles. The molecule has 0 atom stereocenters. The lowest BCUT2D eigenvalue weighted by Gasteiger charge is -2.29. The second kappa shape index (κ2) is 15.1. The van der Waals surface area contributed by atoms with Gasteiger partial charge in [-0.05, 0) is 103 Å². The van der Waals surface area contributed by atoms with Crippen LogP contribution in [0.3, 0.4) is 0 Å². The number of para-hydroxylation sites is 2. The summed E-state index contributed by atoms with van der Waals surface area (Å²) in [6, 6.07) is 85.0. The average molecular weight is 766 g/mol. The quantitative estimate of drug-likeness (QED) is 0.153. The monoisotopic (exact) mass is 765 g/mol. The Hall–Kier alpha value is -7.94. The van der Waals surface area contributed by atoms with Crippen molar-refractivity contribution in [2.45, 2.75) is 0 Å². The Balaban J connectivity index is 1.07. The minimum Gasteiger partial charge on any atom is -0.456 e. The summed E-state index contributed by atoms with van der Waals surface area (Å²) in [6.07, 6.45) is 0. The second-order valence-electron chi connectivity index (χ2n) is 15.2. The predicted octanol–water partition coefficient (Wildman–Crippen LogP) is 16.5. The van der Waals surface area contributed by atoms with E-state index in [-0.39, 0.29) is 0 Å². The zero-order valence-electron chi connectivity index (χ0n) is 32.9. The fraction of sp³-hybridized carbons (Fsp3) is 0.